The van der Waals surface area contributed by atoms with Crippen LogP contribution < -0.4 is 26.6 Å². The number of nitrogens with one attached hydrogen (secondary N) is 5. The second-order valence-electron chi connectivity index (χ2n) is 21.9. The molecule has 0 bridgehead atoms. The van der Waals surface area contributed by atoms with Gasteiger partial charge in [0.2, 0.25) is 47.3 Å². The number of esters is 1. The van der Waals surface area contributed by atoms with E-state index in [1.165, 1.54) is 35.9 Å². The van der Waals surface area contributed by atoms with Gasteiger partial charge in [0.1, 0.15) is 60.2 Å². The van der Waals surface area contributed by atoms with Crippen molar-refractivity contribution in [3.05, 3.63) is 102 Å². The van der Waals surface area contributed by atoms with Crippen molar-refractivity contribution in [2.45, 2.75) is 161 Å². The van der Waals surface area contributed by atoms with E-state index < -0.39 is 114 Å². The molecule has 0 radical (unpaired) electrons. The van der Waals surface area contributed by atoms with Gasteiger partial charge in [0.15, 0.2) is 0 Å². The minimum atomic E-state index is -1.59. The third-order valence-electron chi connectivity index (χ3n) is 14.5. The molecule has 0 spiro atoms. The highest BCUT2D eigenvalue weighted by atomic mass is 16.5. The molecule has 0 saturated carbocycles. The fourth-order valence-corrected chi connectivity index (χ4v) is 10.3. The summed E-state index contributed by atoms with van der Waals surface area (Å²) in [7, 11) is 1.39. The van der Waals surface area contributed by atoms with Gasteiger partial charge in [0.25, 0.3) is 0 Å². The Morgan fingerprint density at radius 3 is 1.70 bits per heavy atom. The highest BCUT2D eigenvalue weighted by Gasteiger charge is 2.46. The standard InChI is InChI=1S/C58H78N8O11/c1-34(2)29-42-52(70)63-49(36(5)6)57(75)66-28-16-22-46(66)56(74)65-27-15-21-45(65)53(71)61-44(32-39-19-13-10-14-20-39)55(73)64(8)47(33-40-23-25-41(67)26-24-40)58(76)77-37(7)50(62-48(68)30-35(3)4)54(72)60-43(51(69)59-42)31-38-17-11-9-12-18-38/h9-14,17-20,23-26,34-37,42-47,49-50,67H,15-16,21-22,27-33H2,1-8H3,(H,59,69)(H,60,72)(H,61,71)(H,62,68)(H,63,70)/t37-,42-,43-,44-,45-,46-,47-,49-,50-/m0/s1. The molecular formula is C58H78N8O11. The number of aromatic hydroxyl groups is 1. The molecule has 0 unspecified atom stereocenters. The predicted octanol–water partition coefficient (Wildman–Crippen LogP) is 3.35. The van der Waals surface area contributed by atoms with Crippen molar-refractivity contribution in [2.24, 2.45) is 17.8 Å². The molecule has 3 aromatic rings. The smallest absolute Gasteiger partial charge is 0.329 e. The molecule has 19 nitrogen and oxygen atoms in total. The highest BCUT2D eigenvalue weighted by Crippen LogP contribution is 2.27. The Bertz CT molecular complexity index is 2560. The number of phenols is 1. The monoisotopic (exact) mass is 1060 g/mol. The molecule has 19 heteroatoms. The Balaban J connectivity index is 1.46. The molecule has 8 amide bonds. The van der Waals surface area contributed by atoms with E-state index in [9.17, 15) is 43.5 Å². The molecule has 0 aliphatic carbocycles. The molecule has 3 aliphatic rings. The Kier molecular flexibility index (Phi) is 20.8. The highest BCUT2D eigenvalue weighted by molar-refractivity contribution is 5.99. The summed E-state index contributed by atoms with van der Waals surface area (Å²) in [6.45, 7) is 12.7. The van der Waals surface area contributed by atoms with Crippen molar-refractivity contribution in [1.29, 1.82) is 0 Å². The minimum absolute atomic E-state index is 0.00925. The first kappa shape index (κ1) is 58.9. The summed E-state index contributed by atoms with van der Waals surface area (Å²) in [5.74, 6) is -6.81. The number of fused-ring (bicyclic) bond motifs is 2. The van der Waals surface area contributed by atoms with E-state index in [2.05, 4.69) is 26.6 Å². The van der Waals surface area contributed by atoms with E-state index in [0.29, 0.717) is 36.0 Å². The summed E-state index contributed by atoms with van der Waals surface area (Å²) >= 11 is 0. The molecule has 3 heterocycles. The summed E-state index contributed by atoms with van der Waals surface area (Å²) in [4.78, 5) is 136. The van der Waals surface area contributed by atoms with Gasteiger partial charge < -0.3 is 51.1 Å². The van der Waals surface area contributed by atoms with Crippen LogP contribution in [0.15, 0.2) is 84.9 Å². The number of phenolic OH excluding ortho intramolecular Hbond substituents is 1. The molecule has 3 fully saturated rings. The Morgan fingerprint density at radius 1 is 0.610 bits per heavy atom. The van der Waals surface area contributed by atoms with Gasteiger partial charge in [0, 0.05) is 45.8 Å². The van der Waals surface area contributed by atoms with E-state index in [-0.39, 0.29) is 69.2 Å². The lowest BCUT2D eigenvalue weighted by Crippen LogP contribution is -2.61. The normalized spacial score (nSPS) is 25.8. The molecule has 3 aliphatic heterocycles. The predicted molar refractivity (Wildman–Crippen MR) is 287 cm³/mol. The fourth-order valence-electron chi connectivity index (χ4n) is 10.3. The number of rotatable bonds is 12. The number of cyclic esters (lactones) is 1. The van der Waals surface area contributed by atoms with Crippen LogP contribution in [0.4, 0.5) is 0 Å². The van der Waals surface area contributed by atoms with Gasteiger partial charge in [-0.25, -0.2) is 4.79 Å². The topological polar surface area (TPSA) is 253 Å². The van der Waals surface area contributed by atoms with E-state index >= 15 is 4.79 Å². The molecule has 0 aromatic heterocycles. The van der Waals surface area contributed by atoms with Crippen LogP contribution in [0.3, 0.4) is 0 Å². The number of amides is 8. The molecule has 9 atom stereocenters. The lowest BCUT2D eigenvalue weighted by Gasteiger charge is -2.35. The van der Waals surface area contributed by atoms with E-state index in [1.54, 1.807) is 86.6 Å². The number of nitrogens with zero attached hydrogens (tertiary/aromatic N) is 3. The first-order chi connectivity index (χ1) is 36.6. The van der Waals surface area contributed by atoms with Gasteiger partial charge >= 0.3 is 5.97 Å². The second kappa shape index (κ2) is 27.1. The molecule has 3 saturated heterocycles. The second-order valence-corrected chi connectivity index (χ2v) is 21.9. The van der Waals surface area contributed by atoms with E-state index in [4.69, 9.17) is 4.74 Å². The third-order valence-corrected chi connectivity index (χ3v) is 14.5. The number of hydrogen-bond donors (Lipinski definition) is 6. The zero-order valence-corrected chi connectivity index (χ0v) is 45.7. The van der Waals surface area contributed by atoms with Crippen LogP contribution in [0.5, 0.6) is 5.75 Å². The fraction of sp³-hybridized carbons (Fsp3) is 0.534. The number of benzene rings is 3. The minimum Gasteiger partial charge on any atom is -0.508 e. The average Bonchev–Trinajstić information content (AvgIpc) is 4.11. The van der Waals surface area contributed by atoms with Crippen molar-refractivity contribution >= 4 is 53.2 Å². The molecule has 6 rings (SSSR count). The molecular weight excluding hydrogens is 985 g/mol. The number of hydrogen-bond acceptors (Lipinski definition) is 11. The zero-order valence-electron chi connectivity index (χ0n) is 45.7. The summed E-state index contributed by atoms with van der Waals surface area (Å²) in [6.07, 6.45) is 0.0211. The van der Waals surface area contributed by atoms with Crippen LogP contribution in [0.1, 0.15) is 104 Å². The van der Waals surface area contributed by atoms with Gasteiger partial charge in [-0.3, -0.25) is 38.4 Å². The molecule has 416 valence electrons. The van der Waals surface area contributed by atoms with Crippen LogP contribution in [-0.4, -0.2) is 148 Å². The largest absolute Gasteiger partial charge is 0.508 e. The first-order valence-electron chi connectivity index (χ1n) is 27.1. The van der Waals surface area contributed by atoms with Gasteiger partial charge in [-0.1, -0.05) is 114 Å². The molecule has 77 heavy (non-hydrogen) atoms. The third kappa shape index (κ3) is 15.9. The SMILES string of the molecule is CC(C)CC(=O)N[C@@H]1C(=O)N[C@@H](Cc2ccccc2)C(=O)N[C@@H](CC(C)C)C(=O)N[C@@H](C(C)C)C(=O)N2CCC[C@H]2C(=O)N2CCC[C@H]2C(=O)N[C@@H](Cc2ccccc2)C(=O)N(C)[C@@H](Cc2ccc(O)cc2)C(=O)O[C@H]1C. The number of carbonyl (C=O) groups excluding carboxylic acids is 9. The lowest BCUT2D eigenvalue weighted by atomic mass is 9.98. The van der Waals surface area contributed by atoms with Crippen LogP contribution in [0, 0.1) is 17.8 Å². The van der Waals surface area contributed by atoms with Crippen molar-refractivity contribution in [3.8, 4) is 5.75 Å². The molecule has 3 aromatic carbocycles. The Morgan fingerprint density at radius 2 is 1.13 bits per heavy atom. The number of ether oxygens (including phenoxy) is 1. The van der Waals surface area contributed by atoms with Crippen molar-refractivity contribution in [3.63, 3.8) is 0 Å². The summed E-state index contributed by atoms with van der Waals surface area (Å²) in [5.41, 5.74) is 1.85. The average molecular weight is 1060 g/mol. The van der Waals surface area contributed by atoms with Gasteiger partial charge in [-0.05, 0) is 85.6 Å². The summed E-state index contributed by atoms with van der Waals surface area (Å²) in [6, 6.07) is 13.9. The Hall–Kier alpha value is -7.31. The van der Waals surface area contributed by atoms with Crippen molar-refractivity contribution in [1.82, 2.24) is 41.3 Å². The zero-order chi connectivity index (χ0) is 56.1. The number of likely N-dealkylation sites (N-methyl/N-ethyl adjacent to an activating group) is 1. The van der Waals surface area contributed by atoms with Gasteiger partial charge in [-0.15, -0.1) is 0 Å². The lowest BCUT2D eigenvalue weighted by molar-refractivity contribution is -0.161. The van der Waals surface area contributed by atoms with Gasteiger partial charge in [-0.2, -0.15) is 0 Å². The number of carbonyl (C=O) groups is 9. The quantitative estimate of drug-likeness (QED) is 0.144. The van der Waals surface area contributed by atoms with Crippen LogP contribution >= 0.6 is 0 Å². The van der Waals surface area contributed by atoms with E-state index in [0.717, 1.165) is 4.90 Å². The first-order valence-corrected chi connectivity index (χ1v) is 27.1. The maximum Gasteiger partial charge on any atom is 0.329 e. The van der Waals surface area contributed by atoms with Gasteiger partial charge in [0.05, 0.1) is 0 Å². The van der Waals surface area contributed by atoms with Crippen LogP contribution in [0.25, 0.3) is 0 Å². The van der Waals surface area contributed by atoms with Crippen molar-refractivity contribution in [2.75, 3.05) is 20.1 Å². The Labute approximate surface area is 452 Å². The van der Waals surface area contributed by atoms with E-state index in [1.807, 2.05) is 27.7 Å². The van der Waals surface area contributed by atoms with Crippen LogP contribution in [0.2, 0.25) is 0 Å². The maximum absolute atomic E-state index is 15.1. The van der Waals surface area contributed by atoms with Crippen molar-refractivity contribution < 1.29 is 53.0 Å². The van der Waals surface area contributed by atoms with Crippen LogP contribution in [-0.2, 0) is 67.2 Å². The summed E-state index contributed by atoms with van der Waals surface area (Å²) < 4.78 is 6.11. The molecule has 6 N–H and O–H groups in total. The summed E-state index contributed by atoms with van der Waals surface area (Å²) in [5, 5.41) is 24.3. The maximum atomic E-state index is 15.1.